The zero-order valence-electron chi connectivity index (χ0n) is 11.8. The molecule has 0 radical (unpaired) electrons. The average Bonchev–Trinajstić information content (AvgIpc) is 2.34. The van der Waals surface area contributed by atoms with E-state index in [-0.39, 0.29) is 12.8 Å². The third kappa shape index (κ3) is 11.6. The van der Waals surface area contributed by atoms with Gasteiger partial charge >= 0.3 is 23.9 Å². The highest BCUT2D eigenvalue weighted by molar-refractivity contribution is 5.88. The Hall–Kier alpha value is -2.73. The largest absolute Gasteiger partial charge is 0.481 e. The van der Waals surface area contributed by atoms with E-state index in [9.17, 15) is 24.0 Å². The lowest BCUT2D eigenvalue weighted by molar-refractivity contribution is -0.170. The van der Waals surface area contributed by atoms with Crippen LogP contribution in [0.5, 0.6) is 0 Å². The molecule has 0 aromatic heterocycles. The van der Waals surface area contributed by atoms with Crippen LogP contribution in [0.3, 0.4) is 0 Å². The maximum absolute atomic E-state index is 10.3. The predicted octanol–water partition coefficient (Wildman–Crippen LogP) is -2.58. The third-order valence-corrected chi connectivity index (χ3v) is 2.30. The van der Waals surface area contributed by atoms with Gasteiger partial charge in [-0.05, 0) is 6.42 Å². The Kier molecular flexibility index (Phi) is 9.88. The Morgan fingerprint density at radius 3 is 1.52 bits per heavy atom. The van der Waals surface area contributed by atoms with Crippen molar-refractivity contribution in [3.63, 3.8) is 0 Å². The summed E-state index contributed by atoms with van der Waals surface area (Å²) in [4.78, 5) is 50.6. The molecule has 9 N–H and O–H groups in total. The molecule has 0 aliphatic rings. The van der Waals surface area contributed by atoms with Crippen LogP contribution in [-0.2, 0) is 24.0 Å². The quantitative estimate of drug-likeness (QED) is 0.230. The Morgan fingerprint density at radius 2 is 1.30 bits per heavy atom. The van der Waals surface area contributed by atoms with Gasteiger partial charge in [0.15, 0.2) is 5.60 Å². The van der Waals surface area contributed by atoms with Crippen LogP contribution in [0.2, 0.25) is 0 Å². The number of carbonyl (C=O) groups excluding carboxylic acids is 1. The van der Waals surface area contributed by atoms with E-state index < -0.39 is 54.3 Å². The molecular formula is C11H18N2O10. The highest BCUT2D eigenvalue weighted by Crippen LogP contribution is 2.15. The van der Waals surface area contributed by atoms with Crippen LogP contribution in [0.15, 0.2) is 0 Å². The summed E-state index contributed by atoms with van der Waals surface area (Å²) in [5.41, 5.74) is 7.07. The summed E-state index contributed by atoms with van der Waals surface area (Å²) >= 11 is 0. The maximum atomic E-state index is 10.3. The monoisotopic (exact) mass is 338 g/mol. The predicted molar refractivity (Wildman–Crippen MR) is 71.1 cm³/mol. The Labute approximate surface area is 129 Å². The first-order chi connectivity index (χ1) is 10.3. The molecule has 1 atom stereocenters. The summed E-state index contributed by atoms with van der Waals surface area (Å²) in [5, 5.41) is 42.0. The van der Waals surface area contributed by atoms with Gasteiger partial charge in [0.1, 0.15) is 6.04 Å². The topological polar surface area (TPSA) is 239 Å². The van der Waals surface area contributed by atoms with E-state index in [0.717, 1.165) is 0 Å². The van der Waals surface area contributed by atoms with Gasteiger partial charge in [-0.15, -0.1) is 0 Å². The average molecular weight is 338 g/mol. The minimum atomic E-state index is -2.74. The first-order valence-electron chi connectivity index (χ1n) is 5.98. The van der Waals surface area contributed by atoms with Crippen LogP contribution in [0, 0.1) is 0 Å². The molecule has 0 bridgehead atoms. The fourth-order valence-corrected chi connectivity index (χ4v) is 1.14. The molecule has 0 fully saturated rings. The molecule has 12 heteroatoms. The zero-order chi connectivity index (χ0) is 18.8. The van der Waals surface area contributed by atoms with Crippen molar-refractivity contribution in [3.8, 4) is 0 Å². The minimum absolute atomic E-state index is 0.0213. The Balaban J connectivity index is 0. The van der Waals surface area contributed by atoms with E-state index in [1.807, 2.05) is 0 Å². The second-order valence-electron chi connectivity index (χ2n) is 4.43. The minimum Gasteiger partial charge on any atom is -0.481 e. The lowest BCUT2D eigenvalue weighted by Gasteiger charge is -2.18. The van der Waals surface area contributed by atoms with Gasteiger partial charge in [0.05, 0.1) is 12.8 Å². The van der Waals surface area contributed by atoms with Gasteiger partial charge in [-0.2, -0.15) is 0 Å². The molecule has 0 aliphatic heterocycles. The molecule has 1 amide bonds. The first-order valence-corrected chi connectivity index (χ1v) is 5.98. The smallest absolute Gasteiger partial charge is 0.336 e. The van der Waals surface area contributed by atoms with Crippen LogP contribution < -0.4 is 11.5 Å². The summed E-state index contributed by atoms with van der Waals surface area (Å²) in [5.74, 6) is -6.66. The molecule has 0 aromatic carbocycles. The summed E-state index contributed by atoms with van der Waals surface area (Å²) in [6, 6.07) is -0.979. The van der Waals surface area contributed by atoms with Gasteiger partial charge < -0.3 is 37.0 Å². The number of carboxylic acids is 4. The molecule has 0 spiro atoms. The molecule has 0 rings (SSSR count). The Bertz CT molecular complexity index is 459. The number of hydrogen-bond acceptors (Lipinski definition) is 7. The van der Waals surface area contributed by atoms with Gasteiger partial charge in [-0.25, -0.2) is 4.79 Å². The number of nitrogens with two attached hydrogens (primary N) is 2. The summed E-state index contributed by atoms with van der Waals surface area (Å²) < 4.78 is 0. The molecule has 132 valence electrons. The standard InChI is InChI=1S/C6H8O7.C5H10N2O3/c7-3(8)1-6(13,5(11)12)2-4(9)10;6-3(5(9)10)1-2-4(7)8/h13H,1-2H2,(H,7,8)(H,9,10)(H,11,12);3H,1-2,6H2,(H2,7,8)(H,9,10)/t;3-/m.0/s1. The number of rotatable bonds is 9. The number of amides is 1. The van der Waals surface area contributed by atoms with Crippen molar-refractivity contribution >= 4 is 29.8 Å². The van der Waals surface area contributed by atoms with Crippen molar-refractivity contribution in [1.29, 1.82) is 0 Å². The maximum Gasteiger partial charge on any atom is 0.336 e. The van der Waals surface area contributed by atoms with Crippen LogP contribution >= 0.6 is 0 Å². The normalized spacial score (nSPS) is 11.6. The third-order valence-electron chi connectivity index (χ3n) is 2.30. The zero-order valence-corrected chi connectivity index (χ0v) is 11.8. The number of hydrogen-bond donors (Lipinski definition) is 7. The van der Waals surface area contributed by atoms with E-state index in [1.165, 1.54) is 0 Å². The van der Waals surface area contributed by atoms with Crippen molar-refractivity contribution < 1.29 is 49.5 Å². The van der Waals surface area contributed by atoms with Crippen LogP contribution in [0.25, 0.3) is 0 Å². The van der Waals surface area contributed by atoms with Gasteiger partial charge in [-0.1, -0.05) is 0 Å². The number of carbonyl (C=O) groups is 5. The van der Waals surface area contributed by atoms with E-state index in [1.54, 1.807) is 0 Å². The SMILES string of the molecule is NC(=O)CC[C@H](N)C(=O)O.O=C(O)CC(O)(CC(=O)O)C(=O)O. The summed E-state index contributed by atoms with van der Waals surface area (Å²) in [6.07, 6.45) is -2.17. The number of aliphatic hydroxyl groups is 1. The van der Waals surface area contributed by atoms with Crippen molar-refractivity contribution in [2.45, 2.75) is 37.3 Å². The number of carboxylic acid groups (broad SMARTS) is 4. The molecule has 0 heterocycles. The van der Waals surface area contributed by atoms with E-state index in [2.05, 4.69) is 0 Å². The van der Waals surface area contributed by atoms with E-state index in [4.69, 9.17) is 37.0 Å². The van der Waals surface area contributed by atoms with Crippen LogP contribution in [-0.4, -0.2) is 67.0 Å². The molecule has 12 nitrogen and oxygen atoms in total. The lowest BCUT2D eigenvalue weighted by atomic mass is 9.96. The van der Waals surface area contributed by atoms with Gasteiger partial charge in [0.25, 0.3) is 0 Å². The summed E-state index contributed by atoms with van der Waals surface area (Å²) in [6.45, 7) is 0. The molecular weight excluding hydrogens is 320 g/mol. The fraction of sp³-hybridized carbons (Fsp3) is 0.545. The Morgan fingerprint density at radius 1 is 0.913 bits per heavy atom. The molecule has 0 saturated heterocycles. The fourth-order valence-electron chi connectivity index (χ4n) is 1.14. The van der Waals surface area contributed by atoms with Crippen molar-refractivity contribution in [2.24, 2.45) is 11.5 Å². The molecule has 0 saturated carbocycles. The summed E-state index contributed by atoms with van der Waals surface area (Å²) in [7, 11) is 0. The second-order valence-corrected chi connectivity index (χ2v) is 4.43. The van der Waals surface area contributed by atoms with Crippen molar-refractivity contribution in [2.75, 3.05) is 0 Å². The van der Waals surface area contributed by atoms with E-state index in [0.29, 0.717) is 0 Å². The van der Waals surface area contributed by atoms with Gasteiger partial charge in [-0.3, -0.25) is 19.2 Å². The molecule has 0 unspecified atom stereocenters. The second kappa shape index (κ2) is 10.1. The van der Waals surface area contributed by atoms with Crippen molar-refractivity contribution in [1.82, 2.24) is 0 Å². The first kappa shape index (κ1) is 22.5. The van der Waals surface area contributed by atoms with Gasteiger partial charge in [0.2, 0.25) is 5.91 Å². The lowest BCUT2D eigenvalue weighted by Crippen LogP contribution is -2.42. The van der Waals surface area contributed by atoms with E-state index >= 15 is 0 Å². The molecule has 0 aromatic rings. The number of primary amides is 1. The van der Waals surface area contributed by atoms with Crippen LogP contribution in [0.1, 0.15) is 25.7 Å². The van der Waals surface area contributed by atoms with Gasteiger partial charge in [0, 0.05) is 6.42 Å². The number of aliphatic carboxylic acids is 4. The molecule has 23 heavy (non-hydrogen) atoms. The highest BCUT2D eigenvalue weighted by Gasteiger charge is 2.40. The van der Waals surface area contributed by atoms with Crippen LogP contribution in [0.4, 0.5) is 0 Å². The highest BCUT2D eigenvalue weighted by atomic mass is 16.4. The molecule has 0 aliphatic carbocycles. The van der Waals surface area contributed by atoms with Crippen molar-refractivity contribution in [3.05, 3.63) is 0 Å².